The van der Waals surface area contributed by atoms with Gasteiger partial charge in [0.2, 0.25) is 0 Å². The summed E-state index contributed by atoms with van der Waals surface area (Å²) in [5.74, 6) is 1.02. The van der Waals surface area contributed by atoms with Crippen LogP contribution >= 0.6 is 0 Å². The standard InChI is InChI=1S/C14H17F2N3O/c15-13(16)20-10-5-1-8(2-6-10)11-7-12(11)19-14(17)18-9-3-4-9/h1-2,5-6,9,11-13H,3-4,7H2,(H3,17,18,19)/t11-,12+/m0/s1. The molecule has 4 nitrogen and oxygen atoms in total. The minimum atomic E-state index is -2.78. The van der Waals surface area contributed by atoms with E-state index in [0.717, 1.165) is 24.8 Å². The van der Waals surface area contributed by atoms with Gasteiger partial charge in [-0.1, -0.05) is 12.1 Å². The number of nitrogens with one attached hydrogen (secondary N) is 1. The molecule has 2 atom stereocenters. The molecule has 108 valence electrons. The number of hydrogen-bond donors (Lipinski definition) is 2. The first-order valence-electron chi connectivity index (χ1n) is 6.76. The van der Waals surface area contributed by atoms with Gasteiger partial charge in [-0.05, 0) is 37.0 Å². The Bertz CT molecular complexity index is 500. The lowest BCUT2D eigenvalue weighted by Gasteiger charge is -2.05. The van der Waals surface area contributed by atoms with Crippen molar-refractivity contribution in [3.8, 4) is 5.75 Å². The van der Waals surface area contributed by atoms with Crippen molar-refractivity contribution < 1.29 is 13.5 Å². The number of benzene rings is 1. The molecule has 0 aromatic heterocycles. The zero-order valence-electron chi connectivity index (χ0n) is 10.9. The van der Waals surface area contributed by atoms with Gasteiger partial charge in [0.15, 0.2) is 5.96 Å². The molecule has 0 aliphatic heterocycles. The predicted octanol–water partition coefficient (Wildman–Crippen LogP) is 2.21. The second kappa shape index (κ2) is 5.26. The monoisotopic (exact) mass is 281 g/mol. The van der Waals surface area contributed by atoms with Crippen molar-refractivity contribution in [2.24, 2.45) is 10.7 Å². The molecule has 2 saturated carbocycles. The van der Waals surface area contributed by atoms with Crippen LogP contribution in [-0.4, -0.2) is 24.7 Å². The molecule has 1 aromatic rings. The van der Waals surface area contributed by atoms with Crippen molar-refractivity contribution in [1.82, 2.24) is 5.32 Å². The van der Waals surface area contributed by atoms with E-state index >= 15 is 0 Å². The van der Waals surface area contributed by atoms with Crippen LogP contribution in [0.15, 0.2) is 29.3 Å². The van der Waals surface area contributed by atoms with Crippen molar-refractivity contribution in [2.75, 3.05) is 0 Å². The number of guanidine groups is 1. The van der Waals surface area contributed by atoms with E-state index in [2.05, 4.69) is 15.0 Å². The Morgan fingerprint density at radius 3 is 2.60 bits per heavy atom. The van der Waals surface area contributed by atoms with E-state index in [1.54, 1.807) is 12.1 Å². The summed E-state index contributed by atoms with van der Waals surface area (Å²) < 4.78 is 28.4. The third kappa shape index (κ3) is 3.37. The maximum absolute atomic E-state index is 12.0. The molecular formula is C14H17F2N3O. The van der Waals surface area contributed by atoms with Crippen LogP contribution in [0, 0.1) is 0 Å². The summed E-state index contributed by atoms with van der Waals surface area (Å²) in [6, 6.07) is 7.44. The average Bonchev–Trinajstić information content (AvgIpc) is 3.27. The summed E-state index contributed by atoms with van der Waals surface area (Å²) in [4.78, 5) is 4.43. The zero-order valence-corrected chi connectivity index (χ0v) is 10.9. The van der Waals surface area contributed by atoms with Crippen molar-refractivity contribution >= 4 is 5.96 Å². The van der Waals surface area contributed by atoms with E-state index in [9.17, 15) is 8.78 Å². The van der Waals surface area contributed by atoms with Crippen molar-refractivity contribution in [2.45, 2.75) is 43.9 Å². The quantitative estimate of drug-likeness (QED) is 0.642. The van der Waals surface area contributed by atoms with Crippen LogP contribution in [0.3, 0.4) is 0 Å². The van der Waals surface area contributed by atoms with Crippen LogP contribution in [-0.2, 0) is 0 Å². The summed E-state index contributed by atoms with van der Waals surface area (Å²) in [6.45, 7) is -2.78. The number of alkyl halides is 2. The van der Waals surface area contributed by atoms with Gasteiger partial charge in [0.1, 0.15) is 5.75 Å². The highest BCUT2D eigenvalue weighted by atomic mass is 19.3. The third-order valence-corrected chi connectivity index (χ3v) is 3.52. The van der Waals surface area contributed by atoms with Gasteiger partial charge in [0.25, 0.3) is 0 Å². The topological polar surface area (TPSA) is 59.6 Å². The SMILES string of the molecule is NC(=N[C@@H]1C[C@H]1c1ccc(OC(F)F)cc1)NC1CC1. The van der Waals surface area contributed by atoms with E-state index in [0.29, 0.717) is 17.9 Å². The van der Waals surface area contributed by atoms with Crippen LogP contribution in [0.4, 0.5) is 8.78 Å². The number of hydrogen-bond acceptors (Lipinski definition) is 2. The Morgan fingerprint density at radius 1 is 1.30 bits per heavy atom. The maximum Gasteiger partial charge on any atom is 0.387 e. The Kier molecular flexibility index (Phi) is 3.46. The van der Waals surface area contributed by atoms with Crippen molar-refractivity contribution in [3.05, 3.63) is 29.8 Å². The molecule has 20 heavy (non-hydrogen) atoms. The molecule has 3 N–H and O–H groups in total. The van der Waals surface area contributed by atoms with Gasteiger partial charge in [-0.25, -0.2) is 4.99 Å². The fourth-order valence-corrected chi connectivity index (χ4v) is 2.23. The Morgan fingerprint density at radius 2 is 2.00 bits per heavy atom. The molecule has 3 rings (SSSR count). The summed E-state index contributed by atoms with van der Waals surface area (Å²) >= 11 is 0. The smallest absolute Gasteiger partial charge is 0.387 e. The van der Waals surface area contributed by atoms with E-state index in [-0.39, 0.29) is 11.8 Å². The van der Waals surface area contributed by atoms with Crippen LogP contribution in [0.25, 0.3) is 0 Å². The molecule has 0 spiro atoms. The summed E-state index contributed by atoms with van der Waals surface area (Å²) in [7, 11) is 0. The molecule has 2 aliphatic rings. The first kappa shape index (κ1) is 13.1. The van der Waals surface area contributed by atoms with Crippen LogP contribution in [0.1, 0.15) is 30.7 Å². The molecule has 2 aliphatic carbocycles. The molecule has 0 amide bonds. The molecule has 0 heterocycles. The van der Waals surface area contributed by atoms with Crippen LogP contribution in [0.5, 0.6) is 5.75 Å². The third-order valence-electron chi connectivity index (χ3n) is 3.52. The second-order valence-electron chi connectivity index (χ2n) is 5.29. The molecular weight excluding hydrogens is 264 g/mol. The van der Waals surface area contributed by atoms with Gasteiger partial charge < -0.3 is 15.8 Å². The van der Waals surface area contributed by atoms with E-state index in [1.165, 1.54) is 0 Å². The van der Waals surface area contributed by atoms with E-state index in [4.69, 9.17) is 5.73 Å². The van der Waals surface area contributed by atoms with Crippen LogP contribution in [0.2, 0.25) is 0 Å². The van der Waals surface area contributed by atoms with E-state index < -0.39 is 6.61 Å². The fraction of sp³-hybridized carbons (Fsp3) is 0.500. The maximum atomic E-state index is 12.0. The Balaban J connectivity index is 1.55. The minimum absolute atomic E-state index is 0.180. The first-order chi connectivity index (χ1) is 9.61. The highest BCUT2D eigenvalue weighted by Crippen LogP contribution is 2.43. The van der Waals surface area contributed by atoms with Gasteiger partial charge in [-0.3, -0.25) is 0 Å². The number of ether oxygens (including phenoxy) is 1. The molecule has 0 radical (unpaired) electrons. The van der Waals surface area contributed by atoms with Crippen molar-refractivity contribution in [3.63, 3.8) is 0 Å². The fourth-order valence-electron chi connectivity index (χ4n) is 2.23. The van der Waals surface area contributed by atoms with Gasteiger partial charge in [0.05, 0.1) is 6.04 Å². The Labute approximate surface area is 116 Å². The summed E-state index contributed by atoms with van der Waals surface area (Å²) in [6.07, 6.45) is 3.27. The normalized spacial score (nSPS) is 25.6. The zero-order chi connectivity index (χ0) is 14.1. The Hall–Kier alpha value is -1.85. The second-order valence-corrected chi connectivity index (χ2v) is 5.29. The molecule has 0 bridgehead atoms. The van der Waals surface area contributed by atoms with Crippen molar-refractivity contribution in [1.29, 1.82) is 0 Å². The minimum Gasteiger partial charge on any atom is -0.435 e. The lowest BCUT2D eigenvalue weighted by molar-refractivity contribution is -0.0498. The highest BCUT2D eigenvalue weighted by molar-refractivity contribution is 5.79. The van der Waals surface area contributed by atoms with Gasteiger partial charge >= 0.3 is 6.61 Å². The lowest BCUT2D eigenvalue weighted by Crippen LogP contribution is -2.33. The summed E-state index contributed by atoms with van der Waals surface area (Å²) in [5, 5.41) is 3.15. The van der Waals surface area contributed by atoms with Gasteiger partial charge in [-0.2, -0.15) is 8.78 Å². The average molecular weight is 281 g/mol. The number of aliphatic imine (C=N–C) groups is 1. The van der Waals surface area contributed by atoms with Gasteiger partial charge in [-0.15, -0.1) is 0 Å². The number of halogens is 2. The highest BCUT2D eigenvalue weighted by Gasteiger charge is 2.38. The summed E-state index contributed by atoms with van der Waals surface area (Å²) in [5.41, 5.74) is 6.89. The number of nitrogens with two attached hydrogens (primary N) is 1. The molecule has 1 aromatic carbocycles. The van der Waals surface area contributed by atoms with Gasteiger partial charge in [0, 0.05) is 12.0 Å². The van der Waals surface area contributed by atoms with Crippen LogP contribution < -0.4 is 15.8 Å². The largest absolute Gasteiger partial charge is 0.435 e. The predicted molar refractivity (Wildman–Crippen MR) is 72.0 cm³/mol. The lowest BCUT2D eigenvalue weighted by atomic mass is 10.1. The number of rotatable bonds is 5. The molecule has 0 unspecified atom stereocenters. The molecule has 2 fully saturated rings. The van der Waals surface area contributed by atoms with E-state index in [1.807, 2.05) is 12.1 Å². The number of nitrogens with zero attached hydrogens (tertiary/aromatic N) is 1. The molecule has 0 saturated heterocycles. The molecule has 6 heteroatoms. The first-order valence-corrected chi connectivity index (χ1v) is 6.76.